The number of rotatable bonds is 4. The summed E-state index contributed by atoms with van der Waals surface area (Å²) in [6.45, 7) is 6.22. The molecule has 0 atom stereocenters. The third-order valence-electron chi connectivity index (χ3n) is 1.78. The Kier molecular flexibility index (Phi) is 3.98. The fourth-order valence-corrected chi connectivity index (χ4v) is 1.12. The second kappa shape index (κ2) is 5.05. The Labute approximate surface area is 94.5 Å². The maximum atomic E-state index is 10.5. The second-order valence-electron chi connectivity index (χ2n) is 4.46. The second-order valence-corrected chi connectivity index (χ2v) is 4.46. The van der Waals surface area contributed by atoms with Gasteiger partial charge in [-0.15, -0.1) is 0 Å². The molecule has 5 heteroatoms. The van der Waals surface area contributed by atoms with E-state index >= 15 is 0 Å². The Hall–Kier alpha value is -1.46. The van der Waals surface area contributed by atoms with Gasteiger partial charge in [-0.25, -0.2) is 0 Å². The van der Waals surface area contributed by atoms with Crippen molar-refractivity contribution in [2.75, 3.05) is 0 Å². The smallest absolute Gasteiger partial charge is 0.269 e. The number of nitrogens with zero attached hydrogens (tertiary/aromatic N) is 1. The van der Waals surface area contributed by atoms with Crippen molar-refractivity contribution in [1.29, 1.82) is 0 Å². The molecule has 0 saturated carbocycles. The number of nitro benzene ring substituents is 1. The zero-order valence-electron chi connectivity index (χ0n) is 9.69. The molecular formula is C11H16N2O3. The van der Waals surface area contributed by atoms with Gasteiger partial charge in [0.1, 0.15) is 0 Å². The van der Waals surface area contributed by atoms with Gasteiger partial charge in [-0.1, -0.05) is 12.1 Å². The van der Waals surface area contributed by atoms with Gasteiger partial charge in [0.2, 0.25) is 0 Å². The summed E-state index contributed by atoms with van der Waals surface area (Å²) < 4.78 is 0. The lowest BCUT2D eigenvalue weighted by Gasteiger charge is -2.19. The normalized spacial score (nSPS) is 11.4. The molecule has 1 N–H and O–H groups in total. The van der Waals surface area contributed by atoms with Crippen molar-refractivity contribution in [3.8, 4) is 0 Å². The number of hydroxylamine groups is 1. The maximum absolute atomic E-state index is 10.5. The van der Waals surface area contributed by atoms with Crippen molar-refractivity contribution in [1.82, 2.24) is 5.48 Å². The number of nitrogens with one attached hydrogen (secondary N) is 1. The first-order chi connectivity index (χ1) is 7.38. The van der Waals surface area contributed by atoms with E-state index in [9.17, 15) is 10.1 Å². The third kappa shape index (κ3) is 4.37. The predicted molar refractivity (Wildman–Crippen MR) is 60.8 cm³/mol. The zero-order valence-corrected chi connectivity index (χ0v) is 9.69. The van der Waals surface area contributed by atoms with E-state index in [-0.39, 0.29) is 11.3 Å². The number of non-ortho nitro benzene ring substituents is 1. The maximum Gasteiger partial charge on any atom is 0.269 e. The fraction of sp³-hybridized carbons (Fsp3) is 0.455. The summed E-state index contributed by atoms with van der Waals surface area (Å²) in [4.78, 5) is 15.4. The first-order valence-electron chi connectivity index (χ1n) is 5.03. The summed E-state index contributed by atoms with van der Waals surface area (Å²) in [5.74, 6) is 0. The molecule has 0 amide bonds. The highest BCUT2D eigenvalue weighted by molar-refractivity contribution is 5.34. The SMILES string of the molecule is CC(C)(C)ONCc1cccc([N+](=O)[O-])c1. The highest BCUT2D eigenvalue weighted by Gasteiger charge is 2.10. The molecule has 0 spiro atoms. The molecule has 0 fully saturated rings. The van der Waals surface area contributed by atoms with Crippen LogP contribution in [0.4, 0.5) is 5.69 Å². The van der Waals surface area contributed by atoms with E-state index in [2.05, 4.69) is 5.48 Å². The standard InChI is InChI=1S/C11H16N2O3/c1-11(2,3)16-12-8-9-5-4-6-10(7-9)13(14)15/h4-7,12H,8H2,1-3H3. The van der Waals surface area contributed by atoms with Crippen molar-refractivity contribution in [2.45, 2.75) is 32.9 Å². The van der Waals surface area contributed by atoms with E-state index in [1.807, 2.05) is 26.8 Å². The van der Waals surface area contributed by atoms with Crippen LogP contribution in [0.2, 0.25) is 0 Å². The lowest BCUT2D eigenvalue weighted by Crippen LogP contribution is -2.28. The highest BCUT2D eigenvalue weighted by atomic mass is 16.7. The molecule has 16 heavy (non-hydrogen) atoms. The quantitative estimate of drug-likeness (QED) is 0.630. The van der Waals surface area contributed by atoms with E-state index in [4.69, 9.17) is 4.84 Å². The Morgan fingerprint density at radius 2 is 2.12 bits per heavy atom. The Balaban J connectivity index is 2.55. The van der Waals surface area contributed by atoms with Crippen LogP contribution in [-0.4, -0.2) is 10.5 Å². The average Bonchev–Trinajstić information content (AvgIpc) is 2.16. The van der Waals surface area contributed by atoms with Crippen molar-refractivity contribution < 1.29 is 9.76 Å². The minimum absolute atomic E-state index is 0.0926. The van der Waals surface area contributed by atoms with Crippen LogP contribution in [0.3, 0.4) is 0 Å². The Morgan fingerprint density at radius 1 is 1.44 bits per heavy atom. The van der Waals surface area contributed by atoms with Crippen LogP contribution in [0, 0.1) is 10.1 Å². The molecule has 1 aromatic rings. The van der Waals surface area contributed by atoms with Gasteiger partial charge in [0.25, 0.3) is 5.69 Å². The average molecular weight is 224 g/mol. The topological polar surface area (TPSA) is 64.4 Å². The number of benzene rings is 1. The van der Waals surface area contributed by atoms with E-state index in [0.717, 1.165) is 5.56 Å². The first-order valence-corrected chi connectivity index (χ1v) is 5.03. The van der Waals surface area contributed by atoms with E-state index in [1.54, 1.807) is 6.07 Å². The summed E-state index contributed by atoms with van der Waals surface area (Å²) in [5.41, 5.74) is 3.42. The lowest BCUT2D eigenvalue weighted by molar-refractivity contribution is -0.384. The van der Waals surface area contributed by atoms with Gasteiger partial charge in [0.05, 0.1) is 10.5 Å². The van der Waals surface area contributed by atoms with Gasteiger partial charge >= 0.3 is 0 Å². The molecule has 0 heterocycles. The number of hydrogen-bond acceptors (Lipinski definition) is 4. The molecule has 0 aliphatic rings. The minimum atomic E-state index is -0.409. The van der Waals surface area contributed by atoms with Crippen LogP contribution < -0.4 is 5.48 Å². The van der Waals surface area contributed by atoms with Gasteiger partial charge in [0.15, 0.2) is 0 Å². The van der Waals surface area contributed by atoms with Crippen LogP contribution in [0.15, 0.2) is 24.3 Å². The largest absolute Gasteiger partial charge is 0.296 e. The molecule has 0 aromatic heterocycles. The van der Waals surface area contributed by atoms with Crippen LogP contribution in [0.5, 0.6) is 0 Å². The van der Waals surface area contributed by atoms with Crippen LogP contribution in [0.1, 0.15) is 26.3 Å². The Bertz CT molecular complexity index is 372. The number of nitro groups is 1. The van der Waals surface area contributed by atoms with E-state index in [0.29, 0.717) is 6.54 Å². The summed E-state index contributed by atoms with van der Waals surface area (Å²) in [7, 11) is 0. The summed E-state index contributed by atoms with van der Waals surface area (Å²) in [5, 5.41) is 10.5. The summed E-state index contributed by atoms with van der Waals surface area (Å²) in [6.07, 6.45) is 0. The molecule has 5 nitrogen and oxygen atoms in total. The van der Waals surface area contributed by atoms with Gasteiger partial charge in [-0.3, -0.25) is 15.0 Å². The van der Waals surface area contributed by atoms with Crippen LogP contribution in [-0.2, 0) is 11.4 Å². The monoisotopic (exact) mass is 224 g/mol. The summed E-state index contributed by atoms with van der Waals surface area (Å²) >= 11 is 0. The van der Waals surface area contributed by atoms with Crippen molar-refractivity contribution in [2.24, 2.45) is 0 Å². The van der Waals surface area contributed by atoms with Crippen LogP contribution >= 0.6 is 0 Å². The first kappa shape index (κ1) is 12.6. The molecule has 1 aromatic carbocycles. The molecule has 0 bridgehead atoms. The molecule has 0 aliphatic carbocycles. The van der Waals surface area contributed by atoms with Gasteiger partial charge in [0, 0.05) is 18.7 Å². The zero-order chi connectivity index (χ0) is 12.2. The summed E-state index contributed by atoms with van der Waals surface area (Å²) in [6, 6.07) is 6.46. The highest BCUT2D eigenvalue weighted by Crippen LogP contribution is 2.13. The van der Waals surface area contributed by atoms with Crippen LogP contribution in [0.25, 0.3) is 0 Å². The van der Waals surface area contributed by atoms with E-state index < -0.39 is 4.92 Å². The number of hydrogen-bond donors (Lipinski definition) is 1. The van der Waals surface area contributed by atoms with E-state index in [1.165, 1.54) is 12.1 Å². The van der Waals surface area contributed by atoms with Gasteiger partial charge < -0.3 is 0 Å². The fourth-order valence-electron chi connectivity index (χ4n) is 1.12. The Morgan fingerprint density at radius 3 is 2.69 bits per heavy atom. The van der Waals surface area contributed by atoms with Gasteiger partial charge in [-0.05, 0) is 26.3 Å². The van der Waals surface area contributed by atoms with Gasteiger partial charge in [-0.2, -0.15) is 5.48 Å². The van der Waals surface area contributed by atoms with Crippen molar-refractivity contribution in [3.63, 3.8) is 0 Å². The molecule has 0 aliphatic heterocycles. The molecule has 0 unspecified atom stereocenters. The third-order valence-corrected chi connectivity index (χ3v) is 1.78. The lowest BCUT2D eigenvalue weighted by atomic mass is 10.2. The molecule has 1 rings (SSSR count). The molecule has 88 valence electrons. The molecule has 0 radical (unpaired) electrons. The predicted octanol–water partition coefficient (Wildman–Crippen LogP) is 2.41. The molecular weight excluding hydrogens is 208 g/mol. The van der Waals surface area contributed by atoms with Crippen molar-refractivity contribution in [3.05, 3.63) is 39.9 Å². The minimum Gasteiger partial charge on any atom is -0.296 e. The van der Waals surface area contributed by atoms with Crippen molar-refractivity contribution >= 4 is 5.69 Å². The molecule has 0 saturated heterocycles.